The van der Waals surface area contributed by atoms with Crippen molar-refractivity contribution in [3.63, 3.8) is 0 Å². The molecular formula is C21H19FN4O3. The molecule has 0 radical (unpaired) electrons. The van der Waals surface area contributed by atoms with E-state index in [1.807, 2.05) is 6.07 Å². The molecule has 8 heteroatoms. The topological polar surface area (TPSA) is 111 Å². The van der Waals surface area contributed by atoms with Crippen molar-refractivity contribution in [3.05, 3.63) is 65.5 Å². The van der Waals surface area contributed by atoms with Gasteiger partial charge in [-0.25, -0.2) is 4.39 Å². The minimum absolute atomic E-state index is 0.110. The molecule has 1 unspecified atom stereocenters. The van der Waals surface area contributed by atoms with E-state index >= 15 is 0 Å². The predicted molar refractivity (Wildman–Crippen MR) is 103 cm³/mol. The molecule has 3 amide bonds. The number of benzene rings is 2. The van der Waals surface area contributed by atoms with Gasteiger partial charge in [-0.05, 0) is 49.2 Å². The summed E-state index contributed by atoms with van der Waals surface area (Å²) in [4.78, 5) is 36.4. The maximum atomic E-state index is 13.3. The van der Waals surface area contributed by atoms with Gasteiger partial charge < -0.3 is 16.0 Å². The molecule has 7 nitrogen and oxygen atoms in total. The second kappa shape index (κ2) is 8.97. The summed E-state index contributed by atoms with van der Waals surface area (Å²) in [5.41, 5.74) is 0.757. The minimum Gasteiger partial charge on any atom is -0.356 e. The molecule has 29 heavy (non-hydrogen) atoms. The monoisotopic (exact) mass is 394 g/mol. The van der Waals surface area contributed by atoms with E-state index in [9.17, 15) is 24.0 Å². The zero-order chi connectivity index (χ0) is 20.8. The molecule has 1 aliphatic heterocycles. The molecule has 1 fully saturated rings. The average molecular weight is 394 g/mol. The van der Waals surface area contributed by atoms with E-state index in [0.717, 1.165) is 6.07 Å². The number of halogens is 1. The Morgan fingerprint density at radius 1 is 1.17 bits per heavy atom. The fraction of sp³-hybridized carbons (Fsp3) is 0.238. The number of carbonyl (C=O) groups is 3. The highest BCUT2D eigenvalue weighted by molar-refractivity contribution is 6.05. The van der Waals surface area contributed by atoms with E-state index < -0.39 is 23.7 Å². The summed E-state index contributed by atoms with van der Waals surface area (Å²) in [5.74, 6) is -1.93. The Morgan fingerprint density at radius 2 is 1.90 bits per heavy atom. The minimum atomic E-state index is -0.804. The molecule has 0 saturated carbocycles. The third-order valence-electron chi connectivity index (χ3n) is 4.61. The van der Waals surface area contributed by atoms with Gasteiger partial charge in [0.05, 0.1) is 6.07 Å². The van der Waals surface area contributed by atoms with Gasteiger partial charge in [0.1, 0.15) is 11.9 Å². The molecule has 1 aliphatic rings. The number of nitrogens with zero attached hydrogens (tertiary/aromatic N) is 1. The lowest BCUT2D eigenvalue weighted by Crippen LogP contribution is -2.36. The van der Waals surface area contributed by atoms with Crippen molar-refractivity contribution in [1.29, 1.82) is 5.26 Å². The maximum Gasteiger partial charge on any atom is 0.255 e. The van der Waals surface area contributed by atoms with Crippen LogP contribution >= 0.6 is 0 Å². The van der Waals surface area contributed by atoms with Crippen LogP contribution in [0.1, 0.15) is 33.6 Å². The smallest absolute Gasteiger partial charge is 0.255 e. The summed E-state index contributed by atoms with van der Waals surface area (Å²) in [5, 5.41) is 17.2. The van der Waals surface area contributed by atoms with Gasteiger partial charge in [0, 0.05) is 29.3 Å². The lowest BCUT2D eigenvalue weighted by atomic mass is 9.99. The van der Waals surface area contributed by atoms with Crippen molar-refractivity contribution in [1.82, 2.24) is 10.6 Å². The van der Waals surface area contributed by atoms with Crippen molar-refractivity contribution in [3.8, 4) is 6.07 Å². The number of hydrogen-bond acceptors (Lipinski definition) is 4. The number of rotatable bonds is 6. The van der Waals surface area contributed by atoms with Crippen LogP contribution in [0, 0.1) is 23.1 Å². The number of hydrogen-bond donors (Lipinski definition) is 3. The Hall–Kier alpha value is -3.73. The third-order valence-corrected chi connectivity index (χ3v) is 4.61. The summed E-state index contributed by atoms with van der Waals surface area (Å²) in [7, 11) is 0. The summed E-state index contributed by atoms with van der Waals surface area (Å²) in [6, 6.07) is 12.7. The molecule has 0 aliphatic carbocycles. The Bertz CT molecular complexity index is 986. The van der Waals surface area contributed by atoms with Gasteiger partial charge >= 0.3 is 0 Å². The first-order chi connectivity index (χ1) is 14.0. The van der Waals surface area contributed by atoms with Crippen LogP contribution in [0.2, 0.25) is 0 Å². The van der Waals surface area contributed by atoms with Crippen molar-refractivity contribution in [2.75, 3.05) is 11.9 Å². The van der Waals surface area contributed by atoms with E-state index in [2.05, 4.69) is 16.0 Å². The van der Waals surface area contributed by atoms with Gasteiger partial charge in [-0.2, -0.15) is 5.26 Å². The van der Waals surface area contributed by atoms with Crippen molar-refractivity contribution < 1.29 is 18.8 Å². The van der Waals surface area contributed by atoms with Crippen molar-refractivity contribution >= 4 is 23.4 Å². The number of nitrogens with one attached hydrogen (secondary N) is 3. The second-order valence-electron chi connectivity index (χ2n) is 6.71. The van der Waals surface area contributed by atoms with Crippen LogP contribution in [-0.4, -0.2) is 30.3 Å². The molecule has 3 N–H and O–H groups in total. The molecule has 0 spiro atoms. The molecule has 1 saturated heterocycles. The highest BCUT2D eigenvalue weighted by Crippen LogP contribution is 2.17. The predicted octanol–water partition coefficient (Wildman–Crippen LogP) is 2.23. The number of anilines is 1. The normalized spacial score (nSPS) is 16.4. The molecule has 0 aromatic heterocycles. The molecule has 2 aromatic carbocycles. The van der Waals surface area contributed by atoms with E-state index in [1.165, 1.54) is 24.3 Å². The third kappa shape index (κ3) is 5.17. The van der Waals surface area contributed by atoms with E-state index in [1.54, 1.807) is 18.2 Å². The SMILES string of the molecule is N#C[C@H](CC1CCNC1=O)NC(=O)c1cccc(NC(=O)c2cccc(F)c2)c1. The van der Waals surface area contributed by atoms with Gasteiger partial charge in [0.2, 0.25) is 5.91 Å². The standard InChI is InChI=1S/C21H19FN4O3/c22-16-5-1-3-13(9-16)20(28)25-17-6-2-4-14(10-17)21(29)26-18(12-23)11-15-7-8-24-19(15)27/h1-6,9-10,15,18H,7-8,11H2,(H,24,27)(H,25,28)(H,26,29)/t15?,18-/m0/s1. The quantitative estimate of drug-likeness (QED) is 0.698. The average Bonchev–Trinajstić information content (AvgIpc) is 3.12. The number of nitriles is 1. The molecule has 0 bridgehead atoms. The van der Waals surface area contributed by atoms with Crippen LogP contribution in [0.15, 0.2) is 48.5 Å². The Kier molecular flexibility index (Phi) is 6.19. The van der Waals surface area contributed by atoms with Gasteiger partial charge in [-0.15, -0.1) is 0 Å². The number of amides is 3. The first-order valence-electron chi connectivity index (χ1n) is 9.11. The highest BCUT2D eigenvalue weighted by atomic mass is 19.1. The van der Waals surface area contributed by atoms with Gasteiger partial charge in [-0.3, -0.25) is 14.4 Å². The first-order valence-corrected chi connectivity index (χ1v) is 9.11. The maximum absolute atomic E-state index is 13.3. The summed E-state index contributed by atoms with van der Waals surface area (Å²) < 4.78 is 13.3. The van der Waals surface area contributed by atoms with E-state index in [-0.39, 0.29) is 29.4 Å². The lowest BCUT2D eigenvalue weighted by molar-refractivity contribution is -0.122. The zero-order valence-electron chi connectivity index (χ0n) is 15.4. The molecular weight excluding hydrogens is 375 g/mol. The fourth-order valence-corrected chi connectivity index (χ4v) is 3.11. The lowest BCUT2D eigenvalue weighted by Gasteiger charge is -2.15. The Morgan fingerprint density at radius 3 is 2.55 bits per heavy atom. The molecule has 3 rings (SSSR count). The highest BCUT2D eigenvalue weighted by Gasteiger charge is 2.28. The number of carbonyl (C=O) groups excluding carboxylic acids is 3. The Labute approximate surface area is 166 Å². The molecule has 148 valence electrons. The molecule has 2 aromatic rings. The first kappa shape index (κ1) is 20.0. The van der Waals surface area contributed by atoms with Crippen LogP contribution in [0.5, 0.6) is 0 Å². The fourth-order valence-electron chi connectivity index (χ4n) is 3.11. The van der Waals surface area contributed by atoms with Gasteiger partial charge in [0.25, 0.3) is 11.8 Å². The summed E-state index contributed by atoms with van der Waals surface area (Å²) in [6.07, 6.45) is 0.874. The largest absolute Gasteiger partial charge is 0.356 e. The molecule has 1 heterocycles. The van der Waals surface area contributed by atoms with Crippen molar-refractivity contribution in [2.24, 2.45) is 5.92 Å². The van der Waals surface area contributed by atoms with Gasteiger partial charge in [-0.1, -0.05) is 12.1 Å². The van der Waals surface area contributed by atoms with E-state index in [4.69, 9.17) is 0 Å². The van der Waals surface area contributed by atoms with Crippen LogP contribution in [0.25, 0.3) is 0 Å². The van der Waals surface area contributed by atoms with Crippen LogP contribution < -0.4 is 16.0 Å². The second-order valence-corrected chi connectivity index (χ2v) is 6.71. The van der Waals surface area contributed by atoms with E-state index in [0.29, 0.717) is 18.7 Å². The van der Waals surface area contributed by atoms with Gasteiger partial charge in [0.15, 0.2) is 0 Å². The summed E-state index contributed by atoms with van der Waals surface area (Å²) in [6.45, 7) is 0.572. The zero-order valence-corrected chi connectivity index (χ0v) is 15.4. The van der Waals surface area contributed by atoms with Crippen LogP contribution in [0.3, 0.4) is 0 Å². The van der Waals surface area contributed by atoms with Crippen LogP contribution in [-0.2, 0) is 4.79 Å². The molecule has 2 atom stereocenters. The summed E-state index contributed by atoms with van der Waals surface area (Å²) >= 11 is 0. The Balaban J connectivity index is 1.65. The van der Waals surface area contributed by atoms with Crippen molar-refractivity contribution in [2.45, 2.75) is 18.9 Å². The van der Waals surface area contributed by atoms with Crippen LogP contribution in [0.4, 0.5) is 10.1 Å².